The molecule has 0 aliphatic carbocycles. The molecule has 0 aromatic heterocycles. The predicted molar refractivity (Wildman–Crippen MR) is 101 cm³/mol. The van der Waals surface area contributed by atoms with Crippen molar-refractivity contribution in [3.8, 4) is 0 Å². The lowest BCUT2D eigenvalue weighted by molar-refractivity contribution is 0.0679. The van der Waals surface area contributed by atoms with Gasteiger partial charge in [-0.2, -0.15) is 0 Å². The Morgan fingerprint density at radius 2 is 2.00 bits per heavy atom. The van der Waals surface area contributed by atoms with E-state index in [0.29, 0.717) is 13.1 Å². The van der Waals surface area contributed by atoms with E-state index >= 15 is 0 Å². The largest absolute Gasteiger partial charge is 0.379 e. The van der Waals surface area contributed by atoms with Crippen LogP contribution in [0.4, 0.5) is 0 Å². The Labute approximate surface area is 154 Å². The second-order valence-electron chi connectivity index (χ2n) is 6.90. The number of nitrogens with zero attached hydrogens (tertiary/aromatic N) is 1. The number of benzene rings is 2. The smallest absolute Gasteiger partial charge is 0.254 e. The van der Waals surface area contributed by atoms with E-state index in [9.17, 15) is 4.79 Å². The molecule has 1 aliphatic rings. The molecular formula is C21H24ClNO2. The molecule has 0 bridgehead atoms. The third-order valence-corrected chi connectivity index (χ3v) is 5.22. The minimum absolute atomic E-state index is 0.0491. The van der Waals surface area contributed by atoms with E-state index < -0.39 is 0 Å². The number of hydrogen-bond donors (Lipinski definition) is 0. The van der Waals surface area contributed by atoms with Gasteiger partial charge in [0.15, 0.2) is 0 Å². The Kier molecular flexibility index (Phi) is 5.45. The molecule has 1 amide bonds. The zero-order valence-corrected chi connectivity index (χ0v) is 15.7. The van der Waals surface area contributed by atoms with Crippen molar-refractivity contribution in [3.63, 3.8) is 0 Å². The van der Waals surface area contributed by atoms with Crippen LogP contribution >= 0.6 is 11.6 Å². The zero-order valence-electron chi connectivity index (χ0n) is 15.0. The van der Waals surface area contributed by atoms with Crippen molar-refractivity contribution in [2.75, 3.05) is 20.2 Å². The van der Waals surface area contributed by atoms with Gasteiger partial charge in [0.1, 0.15) is 0 Å². The summed E-state index contributed by atoms with van der Waals surface area (Å²) in [6, 6.07) is 13.9. The first-order valence-electron chi connectivity index (χ1n) is 8.61. The van der Waals surface area contributed by atoms with Gasteiger partial charge in [0.25, 0.3) is 5.91 Å². The second-order valence-corrected chi connectivity index (χ2v) is 7.33. The summed E-state index contributed by atoms with van der Waals surface area (Å²) in [5.74, 6) is 0.370. The molecule has 132 valence electrons. The number of ether oxygens (including phenoxy) is 1. The lowest BCUT2D eigenvalue weighted by Crippen LogP contribution is -2.30. The van der Waals surface area contributed by atoms with Crippen LogP contribution in [0, 0.1) is 19.8 Å². The van der Waals surface area contributed by atoms with E-state index in [2.05, 4.69) is 6.07 Å². The Hall–Kier alpha value is -1.84. The van der Waals surface area contributed by atoms with Gasteiger partial charge in [-0.25, -0.2) is 0 Å². The van der Waals surface area contributed by atoms with Crippen LogP contribution in [0.3, 0.4) is 0 Å². The number of carbonyl (C=O) groups excluding carboxylic acids is 1. The quantitative estimate of drug-likeness (QED) is 0.817. The number of halogens is 1. The SMILES string of the molecule is CO[C@@H]1CN(C(=O)c2cc(C)ccc2C)C[C@H]1Cc1cccc(Cl)c1. The van der Waals surface area contributed by atoms with Crippen LogP contribution in [0.5, 0.6) is 0 Å². The van der Waals surface area contributed by atoms with Crippen LogP contribution in [0.15, 0.2) is 42.5 Å². The topological polar surface area (TPSA) is 29.5 Å². The van der Waals surface area contributed by atoms with Crippen molar-refractivity contribution in [2.24, 2.45) is 5.92 Å². The van der Waals surface area contributed by atoms with Crippen molar-refractivity contribution in [2.45, 2.75) is 26.4 Å². The number of rotatable bonds is 4. The lowest BCUT2D eigenvalue weighted by atomic mass is 9.96. The first-order chi connectivity index (χ1) is 12.0. The zero-order chi connectivity index (χ0) is 18.0. The van der Waals surface area contributed by atoms with E-state index in [1.54, 1.807) is 7.11 Å². The maximum atomic E-state index is 13.0. The highest BCUT2D eigenvalue weighted by atomic mass is 35.5. The summed E-state index contributed by atoms with van der Waals surface area (Å²) in [6.07, 6.45) is 0.906. The molecule has 0 N–H and O–H groups in total. The molecule has 3 rings (SSSR count). The monoisotopic (exact) mass is 357 g/mol. The van der Waals surface area contributed by atoms with Crippen LogP contribution in [-0.4, -0.2) is 37.1 Å². The van der Waals surface area contributed by atoms with Crippen LogP contribution < -0.4 is 0 Å². The fraction of sp³-hybridized carbons (Fsp3) is 0.381. The molecule has 25 heavy (non-hydrogen) atoms. The summed E-state index contributed by atoms with van der Waals surface area (Å²) < 4.78 is 5.67. The highest BCUT2D eigenvalue weighted by Crippen LogP contribution is 2.26. The molecular weight excluding hydrogens is 334 g/mol. The summed E-state index contributed by atoms with van der Waals surface area (Å²) in [6.45, 7) is 5.34. The maximum Gasteiger partial charge on any atom is 0.254 e. The minimum Gasteiger partial charge on any atom is -0.379 e. The summed E-state index contributed by atoms with van der Waals surface area (Å²) in [4.78, 5) is 14.9. The Balaban J connectivity index is 1.76. The molecule has 1 saturated heterocycles. The Bertz CT molecular complexity index is 774. The number of likely N-dealkylation sites (tertiary alicyclic amines) is 1. The summed E-state index contributed by atoms with van der Waals surface area (Å²) >= 11 is 6.10. The van der Waals surface area contributed by atoms with E-state index in [4.69, 9.17) is 16.3 Å². The van der Waals surface area contributed by atoms with Gasteiger partial charge < -0.3 is 9.64 Å². The third kappa shape index (κ3) is 4.05. The number of aryl methyl sites for hydroxylation is 2. The molecule has 2 atom stereocenters. The third-order valence-electron chi connectivity index (χ3n) is 4.98. The van der Waals surface area contributed by atoms with Crippen LogP contribution in [0.2, 0.25) is 5.02 Å². The average Bonchev–Trinajstić information content (AvgIpc) is 2.99. The molecule has 3 nitrogen and oxygen atoms in total. The predicted octanol–water partition coefficient (Wildman–Crippen LogP) is 4.29. The Morgan fingerprint density at radius 1 is 1.20 bits per heavy atom. The maximum absolute atomic E-state index is 13.0. The van der Waals surface area contributed by atoms with Crippen molar-refractivity contribution in [1.82, 2.24) is 4.90 Å². The first-order valence-corrected chi connectivity index (χ1v) is 8.99. The number of hydrogen-bond acceptors (Lipinski definition) is 2. The molecule has 0 radical (unpaired) electrons. The van der Waals surface area contributed by atoms with Gasteiger partial charge >= 0.3 is 0 Å². The molecule has 1 aliphatic heterocycles. The normalized spacial score (nSPS) is 20.1. The molecule has 0 spiro atoms. The molecule has 2 aromatic carbocycles. The average molecular weight is 358 g/mol. The summed E-state index contributed by atoms with van der Waals surface area (Å²) in [7, 11) is 1.72. The highest BCUT2D eigenvalue weighted by Gasteiger charge is 2.36. The van der Waals surface area contributed by atoms with Crippen molar-refractivity contribution < 1.29 is 9.53 Å². The second kappa shape index (κ2) is 7.59. The number of amides is 1. The van der Waals surface area contributed by atoms with Crippen molar-refractivity contribution in [3.05, 3.63) is 69.7 Å². The van der Waals surface area contributed by atoms with Gasteiger partial charge in [-0.05, 0) is 49.6 Å². The molecule has 1 heterocycles. The number of carbonyl (C=O) groups is 1. The van der Waals surface area contributed by atoms with E-state index in [1.807, 2.05) is 55.1 Å². The standard InChI is InChI=1S/C21H24ClNO2/c1-14-7-8-15(2)19(9-14)21(24)23-12-17(20(13-23)25-3)10-16-5-4-6-18(22)11-16/h4-9,11,17,20H,10,12-13H2,1-3H3/t17-,20-/m1/s1. The highest BCUT2D eigenvalue weighted by molar-refractivity contribution is 6.30. The fourth-order valence-electron chi connectivity index (χ4n) is 3.57. The van der Waals surface area contributed by atoms with Gasteiger partial charge in [0, 0.05) is 36.7 Å². The Morgan fingerprint density at radius 3 is 2.72 bits per heavy atom. The molecule has 0 saturated carbocycles. The molecule has 1 fully saturated rings. The first kappa shape index (κ1) is 18.0. The molecule has 4 heteroatoms. The van der Waals surface area contributed by atoms with Gasteiger partial charge in [-0.3, -0.25) is 4.79 Å². The summed E-state index contributed by atoms with van der Waals surface area (Å²) in [5, 5.41) is 0.743. The van der Waals surface area contributed by atoms with Gasteiger partial charge in [0.2, 0.25) is 0 Å². The van der Waals surface area contributed by atoms with Crippen LogP contribution in [0.25, 0.3) is 0 Å². The van der Waals surface area contributed by atoms with Gasteiger partial charge in [-0.1, -0.05) is 41.4 Å². The van der Waals surface area contributed by atoms with Gasteiger partial charge in [-0.15, -0.1) is 0 Å². The summed E-state index contributed by atoms with van der Waals surface area (Å²) in [5.41, 5.74) is 4.09. The van der Waals surface area contributed by atoms with Gasteiger partial charge in [0.05, 0.1) is 6.10 Å². The van der Waals surface area contributed by atoms with Crippen LogP contribution in [-0.2, 0) is 11.2 Å². The number of methoxy groups -OCH3 is 1. The fourth-order valence-corrected chi connectivity index (χ4v) is 3.79. The van der Waals surface area contributed by atoms with Crippen molar-refractivity contribution >= 4 is 17.5 Å². The van der Waals surface area contributed by atoms with E-state index in [1.165, 1.54) is 5.56 Å². The van der Waals surface area contributed by atoms with Crippen molar-refractivity contribution in [1.29, 1.82) is 0 Å². The minimum atomic E-state index is 0.0491. The van der Waals surface area contributed by atoms with Crippen LogP contribution in [0.1, 0.15) is 27.0 Å². The lowest BCUT2D eigenvalue weighted by Gasteiger charge is -2.18. The van der Waals surface area contributed by atoms with E-state index in [-0.39, 0.29) is 17.9 Å². The molecule has 0 unspecified atom stereocenters. The van der Waals surface area contributed by atoms with E-state index in [0.717, 1.165) is 28.1 Å². The molecule has 2 aromatic rings.